The molecule has 23 heavy (non-hydrogen) atoms. The lowest BCUT2D eigenvalue weighted by Gasteiger charge is -2.32. The first-order chi connectivity index (χ1) is 10.7. The van der Waals surface area contributed by atoms with Gasteiger partial charge in [0.25, 0.3) is 10.2 Å². The number of carbonyl (C=O) groups excluding carboxylic acids is 1. The molecule has 1 aromatic carbocycles. The van der Waals surface area contributed by atoms with Crippen LogP contribution in [0.15, 0.2) is 18.2 Å². The van der Waals surface area contributed by atoms with Crippen LogP contribution in [-0.4, -0.2) is 50.1 Å². The van der Waals surface area contributed by atoms with Crippen LogP contribution in [0.4, 0.5) is 5.69 Å². The molecule has 1 aliphatic rings. The molecule has 0 aromatic heterocycles. The number of benzene rings is 1. The van der Waals surface area contributed by atoms with Crippen molar-refractivity contribution in [2.24, 2.45) is 5.92 Å². The van der Waals surface area contributed by atoms with Gasteiger partial charge in [-0.3, -0.25) is 4.79 Å². The Morgan fingerprint density at radius 1 is 1.30 bits per heavy atom. The number of amides is 1. The number of piperidine rings is 1. The largest absolute Gasteiger partial charge is 0.323 e. The van der Waals surface area contributed by atoms with Gasteiger partial charge in [0.05, 0.1) is 21.7 Å². The van der Waals surface area contributed by atoms with E-state index in [2.05, 4.69) is 5.32 Å². The van der Waals surface area contributed by atoms with Crippen molar-refractivity contribution in [2.45, 2.75) is 12.8 Å². The third-order valence-electron chi connectivity index (χ3n) is 3.75. The monoisotopic (exact) mass is 379 g/mol. The van der Waals surface area contributed by atoms with Gasteiger partial charge in [0, 0.05) is 27.2 Å². The summed E-state index contributed by atoms with van der Waals surface area (Å²) >= 11 is 12.1. The van der Waals surface area contributed by atoms with Crippen LogP contribution in [0.3, 0.4) is 0 Å². The summed E-state index contributed by atoms with van der Waals surface area (Å²) in [5, 5.41) is 3.40. The molecule has 2 rings (SSSR count). The number of hydrogen-bond donors (Lipinski definition) is 1. The van der Waals surface area contributed by atoms with Gasteiger partial charge in [-0.15, -0.1) is 0 Å². The molecule has 6 nitrogen and oxygen atoms in total. The molecule has 1 aliphatic heterocycles. The van der Waals surface area contributed by atoms with E-state index >= 15 is 0 Å². The van der Waals surface area contributed by atoms with E-state index in [0.717, 1.165) is 4.31 Å². The van der Waals surface area contributed by atoms with Crippen molar-refractivity contribution >= 4 is 45.0 Å². The van der Waals surface area contributed by atoms with Crippen LogP contribution in [-0.2, 0) is 15.0 Å². The van der Waals surface area contributed by atoms with Crippen molar-refractivity contribution in [1.82, 2.24) is 8.61 Å². The Morgan fingerprint density at radius 2 is 1.91 bits per heavy atom. The van der Waals surface area contributed by atoms with Crippen molar-refractivity contribution < 1.29 is 13.2 Å². The van der Waals surface area contributed by atoms with E-state index in [9.17, 15) is 13.2 Å². The van der Waals surface area contributed by atoms with Crippen LogP contribution in [0, 0.1) is 5.92 Å². The van der Waals surface area contributed by atoms with E-state index in [0.29, 0.717) is 35.1 Å². The molecule has 0 saturated carbocycles. The van der Waals surface area contributed by atoms with Gasteiger partial charge in [-0.05, 0) is 25.0 Å². The molecule has 1 aromatic rings. The molecule has 0 bridgehead atoms. The minimum absolute atomic E-state index is 0.147. The van der Waals surface area contributed by atoms with E-state index in [1.54, 1.807) is 18.2 Å². The number of para-hydroxylation sites is 1. The summed E-state index contributed by atoms with van der Waals surface area (Å²) < 4.78 is 26.9. The number of nitrogens with one attached hydrogen (secondary N) is 1. The summed E-state index contributed by atoms with van der Waals surface area (Å²) in [4.78, 5) is 12.5. The fourth-order valence-electron chi connectivity index (χ4n) is 2.44. The molecule has 0 unspecified atom stereocenters. The molecule has 128 valence electrons. The zero-order chi connectivity index (χ0) is 17.2. The summed E-state index contributed by atoms with van der Waals surface area (Å²) in [6.07, 6.45) is 1.24. The predicted molar refractivity (Wildman–Crippen MR) is 92.0 cm³/mol. The van der Waals surface area contributed by atoms with E-state index < -0.39 is 16.1 Å². The lowest BCUT2D eigenvalue weighted by atomic mass is 9.98. The fourth-order valence-corrected chi connectivity index (χ4v) is 4.12. The van der Waals surface area contributed by atoms with E-state index in [4.69, 9.17) is 23.2 Å². The molecule has 0 spiro atoms. The molecule has 9 heteroatoms. The smallest absolute Gasteiger partial charge is 0.281 e. The van der Waals surface area contributed by atoms with Crippen molar-refractivity contribution in [3.63, 3.8) is 0 Å². The second-order valence-electron chi connectivity index (χ2n) is 5.57. The number of carbonyl (C=O) groups is 1. The van der Waals surface area contributed by atoms with E-state index in [-0.39, 0.29) is 12.5 Å². The van der Waals surface area contributed by atoms with Crippen LogP contribution < -0.4 is 5.32 Å². The molecule has 1 saturated heterocycles. The Labute approximate surface area is 146 Å². The average Bonchev–Trinajstić information content (AvgIpc) is 2.51. The topological polar surface area (TPSA) is 69.7 Å². The zero-order valence-electron chi connectivity index (χ0n) is 12.9. The number of halogens is 2. The highest BCUT2D eigenvalue weighted by atomic mass is 35.5. The minimum Gasteiger partial charge on any atom is -0.323 e. The standard InChI is InChI=1S/C14H19Cl2N3O3S/c1-18(2)23(21,22)19-8-4-5-10(9-19)14(20)17-13-11(15)6-3-7-12(13)16/h3,6-7,10H,4-5,8-9H2,1-2H3,(H,17,20)/t10-/m0/s1. The molecule has 0 aliphatic carbocycles. The second-order valence-corrected chi connectivity index (χ2v) is 8.53. The number of nitrogens with zero attached hydrogens (tertiary/aromatic N) is 2. The maximum atomic E-state index is 12.5. The normalized spacial score (nSPS) is 19.8. The number of hydrogen-bond acceptors (Lipinski definition) is 3. The maximum Gasteiger partial charge on any atom is 0.281 e. The molecule has 0 radical (unpaired) electrons. The maximum absolute atomic E-state index is 12.5. The Kier molecular flexibility index (Phi) is 5.91. The Morgan fingerprint density at radius 3 is 2.48 bits per heavy atom. The van der Waals surface area contributed by atoms with Crippen molar-refractivity contribution in [3.8, 4) is 0 Å². The lowest BCUT2D eigenvalue weighted by molar-refractivity contribution is -0.120. The summed E-state index contributed by atoms with van der Waals surface area (Å²) in [7, 11) is -0.572. The van der Waals surface area contributed by atoms with Gasteiger partial charge >= 0.3 is 0 Å². The first-order valence-electron chi connectivity index (χ1n) is 7.16. The lowest BCUT2D eigenvalue weighted by Crippen LogP contribution is -2.47. The number of rotatable bonds is 4. The van der Waals surface area contributed by atoms with E-state index in [1.807, 2.05) is 0 Å². The van der Waals surface area contributed by atoms with Crippen molar-refractivity contribution in [1.29, 1.82) is 0 Å². The first kappa shape index (κ1) is 18.5. The molecule has 1 amide bonds. The van der Waals surface area contributed by atoms with Crippen LogP contribution in [0.5, 0.6) is 0 Å². The Hall–Kier alpha value is -0.860. The van der Waals surface area contributed by atoms with Crippen LogP contribution in [0.2, 0.25) is 10.0 Å². The first-order valence-corrected chi connectivity index (χ1v) is 9.31. The van der Waals surface area contributed by atoms with Crippen molar-refractivity contribution in [3.05, 3.63) is 28.2 Å². The highest BCUT2D eigenvalue weighted by Gasteiger charge is 2.33. The van der Waals surface area contributed by atoms with Gasteiger partial charge < -0.3 is 5.32 Å². The molecular weight excluding hydrogens is 361 g/mol. The summed E-state index contributed by atoms with van der Waals surface area (Å²) in [6.45, 7) is 0.561. The van der Waals surface area contributed by atoms with Crippen LogP contribution >= 0.6 is 23.2 Å². The van der Waals surface area contributed by atoms with Gasteiger partial charge in [-0.1, -0.05) is 29.3 Å². The molecule has 1 atom stereocenters. The number of anilines is 1. The Balaban J connectivity index is 2.11. The van der Waals surface area contributed by atoms with Gasteiger partial charge in [0.1, 0.15) is 0 Å². The SMILES string of the molecule is CN(C)S(=O)(=O)N1CCC[C@H](C(=O)Nc2c(Cl)cccc2Cl)C1. The van der Waals surface area contributed by atoms with E-state index in [1.165, 1.54) is 18.4 Å². The third kappa shape index (κ3) is 4.16. The molecular formula is C14H19Cl2N3O3S. The summed E-state index contributed by atoms with van der Waals surface area (Å²) in [5.41, 5.74) is 0.355. The van der Waals surface area contributed by atoms with Crippen molar-refractivity contribution in [2.75, 3.05) is 32.5 Å². The highest BCUT2D eigenvalue weighted by Crippen LogP contribution is 2.31. The quantitative estimate of drug-likeness (QED) is 0.873. The molecule has 1 fully saturated rings. The fraction of sp³-hybridized carbons (Fsp3) is 0.500. The molecule has 1 heterocycles. The van der Waals surface area contributed by atoms with Gasteiger partial charge in [0.15, 0.2) is 0 Å². The average molecular weight is 380 g/mol. The zero-order valence-corrected chi connectivity index (χ0v) is 15.2. The predicted octanol–water partition coefficient (Wildman–Crippen LogP) is 2.45. The minimum atomic E-state index is -3.52. The highest BCUT2D eigenvalue weighted by molar-refractivity contribution is 7.86. The summed E-state index contributed by atoms with van der Waals surface area (Å²) in [5.74, 6) is -0.718. The Bertz CT molecular complexity index is 674. The van der Waals surface area contributed by atoms with Gasteiger partial charge in [0.2, 0.25) is 5.91 Å². The second kappa shape index (κ2) is 7.36. The summed E-state index contributed by atoms with van der Waals surface area (Å²) in [6, 6.07) is 4.95. The van der Waals surface area contributed by atoms with Crippen LogP contribution in [0.1, 0.15) is 12.8 Å². The third-order valence-corrected chi connectivity index (χ3v) is 6.29. The van der Waals surface area contributed by atoms with Gasteiger partial charge in [-0.25, -0.2) is 0 Å². The van der Waals surface area contributed by atoms with Gasteiger partial charge in [-0.2, -0.15) is 17.0 Å². The molecule has 1 N–H and O–H groups in total. The van der Waals surface area contributed by atoms with Crippen LogP contribution in [0.25, 0.3) is 0 Å².